The Kier molecular flexibility index (Phi) is 7.71. The fourth-order valence-corrected chi connectivity index (χ4v) is 5.23. The van der Waals surface area contributed by atoms with Crippen LogP contribution in [0.3, 0.4) is 0 Å². The Morgan fingerprint density at radius 3 is 1.81 bits per heavy atom. The van der Waals surface area contributed by atoms with Crippen molar-refractivity contribution in [2.75, 3.05) is 21.3 Å². The van der Waals surface area contributed by atoms with Gasteiger partial charge < -0.3 is 24.1 Å². The lowest BCUT2D eigenvalue weighted by atomic mass is 9.97. The Labute approximate surface area is 216 Å². The molecule has 0 atom stereocenters. The molecule has 0 saturated carbocycles. The molecular formula is C29H28O7S. The number of aliphatic hydroxyl groups is 1. The number of ether oxygens (including phenoxy) is 4. The molecule has 0 aliphatic heterocycles. The minimum atomic E-state index is -3.63. The van der Waals surface area contributed by atoms with Crippen LogP contribution in [0.2, 0.25) is 0 Å². The van der Waals surface area contributed by atoms with E-state index in [1.54, 1.807) is 82.0 Å². The van der Waals surface area contributed by atoms with Gasteiger partial charge in [0.05, 0.1) is 37.7 Å². The van der Waals surface area contributed by atoms with Gasteiger partial charge >= 0.3 is 0 Å². The first-order valence-corrected chi connectivity index (χ1v) is 12.9. The lowest BCUT2D eigenvalue weighted by Gasteiger charge is -2.18. The molecule has 0 heterocycles. The van der Waals surface area contributed by atoms with Crippen molar-refractivity contribution >= 4 is 9.84 Å². The number of hydrogen-bond donors (Lipinski definition) is 1. The van der Waals surface area contributed by atoms with Gasteiger partial charge in [-0.2, -0.15) is 0 Å². The summed E-state index contributed by atoms with van der Waals surface area (Å²) in [4.78, 5) is 0.420. The summed E-state index contributed by atoms with van der Waals surface area (Å²) in [6.45, 7) is 1.69. The minimum Gasteiger partial charge on any atom is -0.497 e. The molecule has 0 unspecified atom stereocenters. The minimum absolute atomic E-state index is 0.180. The molecule has 1 N–H and O–H groups in total. The Bertz CT molecular complexity index is 1470. The van der Waals surface area contributed by atoms with Crippen molar-refractivity contribution in [1.82, 2.24) is 0 Å². The summed E-state index contributed by atoms with van der Waals surface area (Å²) in [7, 11) is 1.01. The topological polar surface area (TPSA) is 91.3 Å². The Balaban J connectivity index is 1.62. The first kappa shape index (κ1) is 26.1. The van der Waals surface area contributed by atoms with E-state index < -0.39 is 9.84 Å². The molecule has 4 aromatic rings. The van der Waals surface area contributed by atoms with E-state index in [9.17, 15) is 13.5 Å². The van der Waals surface area contributed by atoms with Crippen molar-refractivity contribution in [1.29, 1.82) is 0 Å². The van der Waals surface area contributed by atoms with Gasteiger partial charge in [0.15, 0.2) is 0 Å². The number of benzene rings is 4. The standard InChI is InChI=1S/C29H28O7S/c1-19-5-10-24(11-6-19)37(31,32)25-12-7-21(8-13-25)36-22-9-14-26(27(16-22)34-3)29-20(18-30)15-23(33-2)17-28(29)35-4/h5-17,30H,18H2,1-4H3. The van der Waals surface area contributed by atoms with E-state index in [2.05, 4.69) is 0 Å². The van der Waals surface area contributed by atoms with Crippen molar-refractivity contribution < 1.29 is 32.5 Å². The van der Waals surface area contributed by atoms with Gasteiger partial charge in [0, 0.05) is 23.3 Å². The largest absolute Gasteiger partial charge is 0.497 e. The fourth-order valence-electron chi connectivity index (χ4n) is 3.97. The van der Waals surface area contributed by atoms with E-state index in [1.807, 2.05) is 13.0 Å². The third-order valence-electron chi connectivity index (χ3n) is 5.93. The molecule has 4 aromatic carbocycles. The smallest absolute Gasteiger partial charge is 0.206 e. The number of sulfone groups is 1. The van der Waals surface area contributed by atoms with Crippen LogP contribution < -0.4 is 18.9 Å². The van der Waals surface area contributed by atoms with Gasteiger partial charge in [-0.1, -0.05) is 17.7 Å². The normalized spacial score (nSPS) is 11.2. The summed E-state index contributed by atoms with van der Waals surface area (Å²) in [5.74, 6) is 2.56. The maximum atomic E-state index is 12.9. The predicted molar refractivity (Wildman–Crippen MR) is 141 cm³/mol. The van der Waals surface area contributed by atoms with Crippen LogP contribution in [0.1, 0.15) is 11.1 Å². The van der Waals surface area contributed by atoms with Crippen molar-refractivity contribution in [2.24, 2.45) is 0 Å². The van der Waals surface area contributed by atoms with Crippen LogP contribution >= 0.6 is 0 Å². The van der Waals surface area contributed by atoms with Crippen molar-refractivity contribution in [3.05, 3.63) is 90.0 Å². The SMILES string of the molecule is COc1cc(CO)c(-c2ccc(Oc3ccc(S(=O)(=O)c4ccc(C)cc4)cc3)cc2OC)c(OC)c1. The summed E-state index contributed by atoms with van der Waals surface area (Å²) in [5, 5.41) is 9.98. The van der Waals surface area contributed by atoms with Gasteiger partial charge in [-0.25, -0.2) is 8.42 Å². The van der Waals surface area contributed by atoms with Gasteiger partial charge in [0.1, 0.15) is 28.7 Å². The second-order valence-electron chi connectivity index (χ2n) is 8.27. The van der Waals surface area contributed by atoms with Crippen LogP contribution in [0.25, 0.3) is 11.1 Å². The van der Waals surface area contributed by atoms with E-state index in [0.717, 1.165) is 5.56 Å². The number of hydrogen-bond acceptors (Lipinski definition) is 7. The van der Waals surface area contributed by atoms with Crippen LogP contribution in [-0.2, 0) is 16.4 Å². The Hall–Kier alpha value is -4.01. The molecule has 7 nitrogen and oxygen atoms in total. The molecule has 0 spiro atoms. The molecule has 0 radical (unpaired) electrons. The van der Waals surface area contributed by atoms with E-state index in [0.29, 0.717) is 45.4 Å². The van der Waals surface area contributed by atoms with Crippen molar-refractivity contribution in [2.45, 2.75) is 23.3 Å². The summed E-state index contributed by atoms with van der Waals surface area (Å²) in [6.07, 6.45) is 0. The zero-order chi connectivity index (χ0) is 26.6. The van der Waals surface area contributed by atoms with Gasteiger partial charge in [-0.3, -0.25) is 0 Å². The summed E-state index contributed by atoms with van der Waals surface area (Å²) in [5.41, 5.74) is 2.99. The maximum Gasteiger partial charge on any atom is 0.206 e. The summed E-state index contributed by atoms with van der Waals surface area (Å²) < 4.78 is 48.3. The monoisotopic (exact) mass is 520 g/mol. The number of aliphatic hydroxyl groups excluding tert-OH is 1. The fraction of sp³-hybridized carbons (Fsp3) is 0.172. The number of methoxy groups -OCH3 is 3. The first-order chi connectivity index (χ1) is 17.8. The number of rotatable bonds is 9. The van der Waals surface area contributed by atoms with E-state index >= 15 is 0 Å². The third-order valence-corrected chi connectivity index (χ3v) is 7.71. The molecule has 0 fully saturated rings. The summed E-state index contributed by atoms with van der Waals surface area (Å²) >= 11 is 0. The molecule has 192 valence electrons. The highest BCUT2D eigenvalue weighted by molar-refractivity contribution is 7.91. The molecule has 37 heavy (non-hydrogen) atoms. The zero-order valence-electron chi connectivity index (χ0n) is 21.0. The Morgan fingerprint density at radius 1 is 0.676 bits per heavy atom. The lowest BCUT2D eigenvalue weighted by molar-refractivity contribution is 0.280. The lowest BCUT2D eigenvalue weighted by Crippen LogP contribution is -2.01. The number of aryl methyl sites for hydroxylation is 1. The van der Waals surface area contributed by atoms with Crippen LogP contribution in [0.5, 0.6) is 28.7 Å². The van der Waals surface area contributed by atoms with Crippen molar-refractivity contribution in [3.8, 4) is 39.9 Å². The molecule has 0 saturated heterocycles. The van der Waals surface area contributed by atoms with E-state index in [1.165, 1.54) is 12.1 Å². The second-order valence-corrected chi connectivity index (χ2v) is 10.2. The molecule has 0 aliphatic rings. The molecule has 0 amide bonds. The molecule has 4 rings (SSSR count). The van der Waals surface area contributed by atoms with E-state index in [-0.39, 0.29) is 16.4 Å². The molecule has 0 aliphatic carbocycles. The van der Waals surface area contributed by atoms with Gasteiger partial charge in [-0.05, 0) is 67.1 Å². The Morgan fingerprint density at radius 2 is 1.24 bits per heavy atom. The predicted octanol–water partition coefficient (Wildman–Crippen LogP) is 5.81. The first-order valence-electron chi connectivity index (χ1n) is 11.4. The van der Waals surface area contributed by atoms with E-state index in [4.69, 9.17) is 18.9 Å². The summed E-state index contributed by atoms with van der Waals surface area (Å²) in [6, 6.07) is 21.8. The van der Waals surface area contributed by atoms with Crippen LogP contribution in [0.4, 0.5) is 0 Å². The molecular weight excluding hydrogens is 492 g/mol. The zero-order valence-corrected chi connectivity index (χ0v) is 21.8. The van der Waals surface area contributed by atoms with Crippen LogP contribution in [0.15, 0.2) is 88.7 Å². The molecule has 8 heteroatoms. The van der Waals surface area contributed by atoms with Crippen LogP contribution in [0, 0.1) is 6.92 Å². The quantitative estimate of drug-likeness (QED) is 0.298. The highest BCUT2D eigenvalue weighted by atomic mass is 32.2. The maximum absolute atomic E-state index is 12.9. The van der Waals surface area contributed by atoms with Gasteiger partial charge in [-0.15, -0.1) is 0 Å². The highest BCUT2D eigenvalue weighted by Crippen LogP contribution is 2.43. The average Bonchev–Trinajstić information content (AvgIpc) is 2.92. The highest BCUT2D eigenvalue weighted by Gasteiger charge is 2.20. The molecule has 0 bridgehead atoms. The van der Waals surface area contributed by atoms with Crippen LogP contribution in [-0.4, -0.2) is 34.9 Å². The molecule has 0 aromatic heterocycles. The van der Waals surface area contributed by atoms with Gasteiger partial charge in [0.2, 0.25) is 9.84 Å². The second kappa shape index (κ2) is 10.9. The van der Waals surface area contributed by atoms with Gasteiger partial charge in [0.25, 0.3) is 0 Å². The third kappa shape index (κ3) is 5.40. The average molecular weight is 521 g/mol. The van der Waals surface area contributed by atoms with Crippen molar-refractivity contribution in [3.63, 3.8) is 0 Å².